The molecule has 0 bridgehead atoms. The monoisotopic (exact) mass is 724 g/mol. The third-order valence-electron chi connectivity index (χ3n) is 11.5. The van der Waals surface area contributed by atoms with Crippen LogP contribution in [0.3, 0.4) is 0 Å². The Bertz CT molecular complexity index is 1970. The van der Waals surface area contributed by atoms with Gasteiger partial charge < -0.3 is 35.6 Å². The zero-order chi connectivity index (χ0) is 37.6. The van der Waals surface area contributed by atoms with Gasteiger partial charge in [-0.25, -0.2) is 9.29 Å². The molecular weight excluding hydrogens is 675 g/mol. The first-order valence-electron chi connectivity index (χ1n) is 18.5. The highest BCUT2D eigenvalue weighted by Gasteiger charge is 2.46. The van der Waals surface area contributed by atoms with Crippen LogP contribution in [0.5, 0.6) is 0 Å². The van der Waals surface area contributed by atoms with E-state index in [0.29, 0.717) is 24.9 Å². The second-order valence-electron chi connectivity index (χ2n) is 15.2. The van der Waals surface area contributed by atoms with E-state index in [1.165, 1.54) is 17.0 Å². The van der Waals surface area contributed by atoms with Gasteiger partial charge >= 0.3 is 0 Å². The van der Waals surface area contributed by atoms with Gasteiger partial charge in [0.25, 0.3) is 0 Å². The molecule has 3 aliphatic rings. The molecule has 11 nitrogen and oxygen atoms in total. The van der Waals surface area contributed by atoms with E-state index in [2.05, 4.69) is 83.5 Å². The van der Waals surface area contributed by atoms with Gasteiger partial charge in [0.05, 0.1) is 34.9 Å². The lowest BCUT2D eigenvalue weighted by Gasteiger charge is -2.40. The molecule has 280 valence electrons. The maximum atomic E-state index is 15.4. The first-order valence-corrected chi connectivity index (χ1v) is 18.5. The van der Waals surface area contributed by atoms with E-state index in [1.807, 2.05) is 13.8 Å². The molecule has 2 fully saturated rings. The van der Waals surface area contributed by atoms with Crippen molar-refractivity contribution in [3.05, 3.63) is 99.7 Å². The minimum atomic E-state index is -1.30. The molecule has 1 saturated carbocycles. The summed E-state index contributed by atoms with van der Waals surface area (Å²) in [6.07, 6.45) is -0.637. The molecule has 3 heterocycles. The van der Waals surface area contributed by atoms with Crippen molar-refractivity contribution in [2.75, 3.05) is 17.2 Å². The number of nitrogens with one attached hydrogen (secondary N) is 3. The summed E-state index contributed by atoms with van der Waals surface area (Å²) in [6.45, 7) is 8.62. The molecule has 7 N–H and O–H groups in total. The number of hydrogen-bond acceptors (Lipinski definition) is 11. The Hall–Kier alpha value is -4.35. The fraction of sp³-hybridized carbons (Fsp3) is 0.463. The van der Waals surface area contributed by atoms with Crippen LogP contribution in [0.25, 0.3) is 11.1 Å². The average molecular weight is 725 g/mol. The third-order valence-corrected chi connectivity index (χ3v) is 11.5. The molecule has 0 radical (unpaired) electrons. The first kappa shape index (κ1) is 37.0. The largest absolute Gasteiger partial charge is 0.383 e. The minimum Gasteiger partial charge on any atom is -0.383 e. The van der Waals surface area contributed by atoms with Gasteiger partial charge in [-0.1, -0.05) is 36.3 Å². The summed E-state index contributed by atoms with van der Waals surface area (Å²) >= 11 is 0. The third kappa shape index (κ3) is 7.30. The molecule has 7 atom stereocenters. The quantitative estimate of drug-likeness (QED) is 0.0872. The number of rotatable bonds is 12. The summed E-state index contributed by atoms with van der Waals surface area (Å²) in [4.78, 5) is 1.36. The lowest BCUT2D eigenvalue weighted by molar-refractivity contribution is -0.159. The number of aryl methyl sites for hydroxylation is 3. The lowest BCUT2D eigenvalue weighted by atomic mass is 9.88. The van der Waals surface area contributed by atoms with Crippen LogP contribution in [-0.2, 0) is 5.41 Å². The van der Waals surface area contributed by atoms with Crippen molar-refractivity contribution in [3.63, 3.8) is 0 Å². The number of nitriles is 1. The van der Waals surface area contributed by atoms with E-state index in [9.17, 15) is 25.7 Å². The van der Waals surface area contributed by atoms with Gasteiger partial charge in [-0.15, -0.1) is 0 Å². The molecular formula is C41H49FN6O5. The summed E-state index contributed by atoms with van der Waals surface area (Å²) in [7, 11) is 0. The number of benzene rings is 3. The second-order valence-corrected chi connectivity index (χ2v) is 15.2. The number of anilines is 2. The molecule has 2 aliphatic heterocycles. The Morgan fingerprint density at radius 2 is 1.74 bits per heavy atom. The predicted molar refractivity (Wildman–Crippen MR) is 199 cm³/mol. The van der Waals surface area contributed by atoms with Crippen LogP contribution in [0.4, 0.5) is 15.8 Å². The highest BCUT2D eigenvalue weighted by atomic mass is 19.1. The smallest absolute Gasteiger partial charge is 0.146 e. The number of fused-ring (bicyclic) bond motifs is 1. The summed E-state index contributed by atoms with van der Waals surface area (Å²) in [5.41, 5.74) is 7.66. The molecule has 1 aromatic heterocycles. The van der Waals surface area contributed by atoms with Crippen molar-refractivity contribution in [1.82, 2.24) is 15.4 Å². The van der Waals surface area contributed by atoms with E-state index in [-0.39, 0.29) is 28.6 Å². The molecule has 1 aliphatic carbocycles. The number of aliphatic hydroxyl groups is 4. The van der Waals surface area contributed by atoms with E-state index < -0.39 is 36.8 Å². The van der Waals surface area contributed by atoms with Crippen molar-refractivity contribution >= 4 is 11.4 Å². The van der Waals surface area contributed by atoms with Crippen molar-refractivity contribution in [2.24, 2.45) is 5.92 Å². The number of halogens is 1. The first-order chi connectivity index (χ1) is 25.4. The van der Waals surface area contributed by atoms with Crippen LogP contribution < -0.4 is 16.0 Å². The number of hydrogen-bond donors (Lipinski definition) is 7. The molecule has 3 aromatic carbocycles. The Kier molecular flexibility index (Phi) is 10.3. The molecule has 0 amide bonds. The van der Waals surface area contributed by atoms with Gasteiger partial charge in [-0.3, -0.25) is 5.32 Å². The Balaban J connectivity index is 1.06. The minimum absolute atomic E-state index is 0.0628. The fourth-order valence-electron chi connectivity index (χ4n) is 8.18. The van der Waals surface area contributed by atoms with Gasteiger partial charge in [-0.2, -0.15) is 5.26 Å². The van der Waals surface area contributed by atoms with Crippen LogP contribution in [-0.4, -0.2) is 55.5 Å². The maximum absolute atomic E-state index is 15.4. The topological polar surface area (TPSA) is 170 Å². The Morgan fingerprint density at radius 3 is 2.38 bits per heavy atom. The molecule has 12 heteroatoms. The van der Waals surface area contributed by atoms with Gasteiger partial charge in [0.1, 0.15) is 36.5 Å². The van der Waals surface area contributed by atoms with Crippen LogP contribution in [0.1, 0.15) is 103 Å². The van der Waals surface area contributed by atoms with Crippen LogP contribution in [0, 0.1) is 43.8 Å². The van der Waals surface area contributed by atoms with Gasteiger partial charge in [0.2, 0.25) is 0 Å². The molecule has 4 aromatic rings. The molecule has 0 spiro atoms. The number of aliphatic hydroxyl groups excluding tert-OH is 4. The standard InChI is InChI=1S/C41H49FN6O5/c1-22(13-16-44-34-20-31-30(19-32(34)42)39(51)48(40(31)52)35-11-12-36(49)46-38(35)50)17-33(45-28-9-7-27(8-10-28)41(21-43)14-15-41)29-18-26(6-5-23(29)2)37-24(3)47-53-25(37)4/h5-10,18-20,22,33,35-36,38-40,44-46,49-52H,11-17H2,1-4H3. The van der Waals surface area contributed by atoms with Crippen molar-refractivity contribution in [3.8, 4) is 17.2 Å². The lowest BCUT2D eigenvalue weighted by Crippen LogP contribution is -2.57. The van der Waals surface area contributed by atoms with E-state index in [1.54, 1.807) is 0 Å². The normalized spacial score (nSPS) is 24.6. The van der Waals surface area contributed by atoms with Crippen molar-refractivity contribution in [1.29, 1.82) is 5.26 Å². The summed E-state index contributed by atoms with van der Waals surface area (Å²) < 4.78 is 20.9. The maximum Gasteiger partial charge on any atom is 0.146 e. The van der Waals surface area contributed by atoms with E-state index >= 15 is 4.39 Å². The highest BCUT2D eigenvalue weighted by molar-refractivity contribution is 5.69. The molecule has 1 saturated heterocycles. The zero-order valence-corrected chi connectivity index (χ0v) is 30.6. The second kappa shape index (κ2) is 14.8. The molecule has 7 unspecified atom stereocenters. The van der Waals surface area contributed by atoms with Crippen LogP contribution in [0.2, 0.25) is 0 Å². The SMILES string of the molecule is Cc1ccc(-c2c(C)noc2C)cc1C(CC(C)CCNc1cc2c(cc1F)C(O)N(C1CCC(O)NC1O)C2O)Nc1ccc(C2(C#N)CC2)cc1. The fourth-order valence-corrected chi connectivity index (χ4v) is 8.18. The average Bonchev–Trinajstić information content (AvgIpc) is 3.81. The van der Waals surface area contributed by atoms with Crippen LogP contribution in [0.15, 0.2) is 59.1 Å². The Morgan fingerprint density at radius 1 is 1.02 bits per heavy atom. The molecule has 53 heavy (non-hydrogen) atoms. The number of piperidine rings is 1. The van der Waals surface area contributed by atoms with Gasteiger partial charge in [-0.05, 0) is 118 Å². The zero-order valence-electron chi connectivity index (χ0n) is 30.6. The number of nitrogens with zero attached hydrogens (tertiary/aromatic N) is 3. The summed E-state index contributed by atoms with van der Waals surface area (Å²) in [5, 5.41) is 66.1. The summed E-state index contributed by atoms with van der Waals surface area (Å²) in [5.74, 6) is 0.424. The van der Waals surface area contributed by atoms with Crippen molar-refractivity contribution < 1.29 is 29.3 Å². The van der Waals surface area contributed by atoms with E-state index in [0.717, 1.165) is 70.6 Å². The predicted octanol–water partition coefficient (Wildman–Crippen LogP) is 6.33. The van der Waals surface area contributed by atoms with Gasteiger partial charge in [0.15, 0.2) is 0 Å². The van der Waals surface area contributed by atoms with Crippen LogP contribution >= 0.6 is 0 Å². The summed E-state index contributed by atoms with van der Waals surface area (Å²) in [6, 6.07) is 19.2. The highest BCUT2D eigenvalue weighted by Crippen LogP contribution is 2.48. The van der Waals surface area contributed by atoms with E-state index in [4.69, 9.17) is 4.52 Å². The molecule has 7 rings (SSSR count). The number of aromatic nitrogens is 1. The van der Waals surface area contributed by atoms with Gasteiger partial charge in [0, 0.05) is 28.9 Å². The van der Waals surface area contributed by atoms with Crippen molar-refractivity contribution in [2.45, 2.75) is 109 Å². The Labute approximate surface area is 309 Å².